The van der Waals surface area contributed by atoms with Crippen LogP contribution in [0.4, 0.5) is 11.6 Å². The number of likely N-dealkylation sites (tertiary alicyclic amines) is 1. The highest BCUT2D eigenvalue weighted by atomic mass is 16.2. The van der Waals surface area contributed by atoms with Gasteiger partial charge in [-0.1, -0.05) is 38.1 Å². The van der Waals surface area contributed by atoms with Gasteiger partial charge in [-0.15, -0.1) is 0 Å². The first kappa shape index (κ1) is 26.1. The predicted octanol–water partition coefficient (Wildman–Crippen LogP) is 3.99. The number of nitrogens with one attached hydrogen (secondary N) is 1. The molecule has 11 heteroatoms. The van der Waals surface area contributed by atoms with Crippen molar-refractivity contribution in [1.82, 2.24) is 29.6 Å². The van der Waals surface area contributed by atoms with Crippen molar-refractivity contribution in [2.75, 3.05) is 17.6 Å². The van der Waals surface area contributed by atoms with Crippen LogP contribution in [0.2, 0.25) is 0 Å². The molecule has 4 heterocycles. The molecule has 1 aliphatic carbocycles. The van der Waals surface area contributed by atoms with Crippen LogP contribution in [0.15, 0.2) is 66.6 Å². The van der Waals surface area contributed by atoms with Crippen LogP contribution in [0.25, 0.3) is 22.3 Å². The molecule has 41 heavy (non-hydrogen) atoms. The van der Waals surface area contributed by atoms with E-state index in [2.05, 4.69) is 26.3 Å². The summed E-state index contributed by atoms with van der Waals surface area (Å²) in [7, 11) is 0. The number of hydrogen-bond donors (Lipinski definition) is 2. The normalized spacial score (nSPS) is 20.0. The number of nitriles is 1. The zero-order valence-electron chi connectivity index (χ0n) is 22.7. The second-order valence-corrected chi connectivity index (χ2v) is 10.9. The Kier molecular flexibility index (Phi) is 6.67. The minimum Gasteiger partial charge on any atom is -0.383 e. The molecule has 4 aromatic rings. The summed E-state index contributed by atoms with van der Waals surface area (Å²) in [6.07, 6.45) is 6.44. The van der Waals surface area contributed by atoms with E-state index in [4.69, 9.17) is 10.8 Å². The van der Waals surface area contributed by atoms with Gasteiger partial charge in [-0.25, -0.2) is 19.6 Å². The lowest BCUT2D eigenvalue weighted by Crippen LogP contribution is -2.43. The van der Waals surface area contributed by atoms with E-state index in [1.54, 1.807) is 42.6 Å². The number of benzene rings is 1. The molecular weight excluding hydrogens is 518 g/mol. The number of nitrogens with zero attached hydrogens (tertiary/aromatic N) is 7. The maximum Gasteiger partial charge on any atom is 0.264 e. The van der Waals surface area contributed by atoms with E-state index in [1.807, 2.05) is 35.6 Å². The van der Waals surface area contributed by atoms with Gasteiger partial charge in [0.15, 0.2) is 5.65 Å². The zero-order chi connectivity index (χ0) is 28.7. The Labute approximate surface area is 236 Å². The maximum atomic E-state index is 13.3. The summed E-state index contributed by atoms with van der Waals surface area (Å²) in [6, 6.07) is 14.2. The number of allylic oxidation sites excluding steroid dienone is 1. The summed E-state index contributed by atoms with van der Waals surface area (Å²) in [4.78, 5) is 40.8. The summed E-state index contributed by atoms with van der Waals surface area (Å²) in [5.74, 6) is 0.667. The molecule has 1 aliphatic heterocycles. The van der Waals surface area contributed by atoms with Gasteiger partial charge < -0.3 is 16.0 Å². The number of aromatic nitrogens is 5. The van der Waals surface area contributed by atoms with Gasteiger partial charge in [-0.2, -0.15) is 10.4 Å². The highest BCUT2D eigenvalue weighted by molar-refractivity contribution is 6.04. The number of rotatable bonds is 6. The molecule has 2 amide bonds. The first-order valence-corrected chi connectivity index (χ1v) is 13.6. The Bertz CT molecular complexity index is 1700. The molecule has 0 unspecified atom stereocenters. The molecule has 206 valence electrons. The van der Waals surface area contributed by atoms with Crippen LogP contribution in [0.1, 0.15) is 43.1 Å². The number of carbonyl (C=O) groups is 2. The smallest absolute Gasteiger partial charge is 0.264 e. The first-order chi connectivity index (χ1) is 19.8. The molecule has 2 aliphatic rings. The number of carbonyl (C=O) groups excluding carboxylic acids is 2. The van der Waals surface area contributed by atoms with Crippen molar-refractivity contribution in [1.29, 1.82) is 5.26 Å². The van der Waals surface area contributed by atoms with Gasteiger partial charge in [0.25, 0.3) is 11.8 Å². The molecule has 2 bridgehead atoms. The highest BCUT2D eigenvalue weighted by Gasteiger charge is 2.49. The van der Waals surface area contributed by atoms with Crippen LogP contribution in [0.3, 0.4) is 0 Å². The molecule has 3 N–H and O–H groups in total. The average Bonchev–Trinajstić information content (AvgIpc) is 3.69. The molecule has 3 atom stereocenters. The van der Waals surface area contributed by atoms with Crippen molar-refractivity contribution in [2.45, 2.75) is 38.8 Å². The number of piperidine rings is 1. The topological polar surface area (TPSA) is 156 Å². The molecule has 0 radical (unpaired) electrons. The van der Waals surface area contributed by atoms with Crippen LogP contribution in [-0.2, 0) is 4.79 Å². The number of fused-ring (bicyclic) bond motifs is 3. The Hall–Kier alpha value is -5.11. The van der Waals surface area contributed by atoms with Crippen LogP contribution >= 0.6 is 0 Å². The monoisotopic (exact) mass is 547 g/mol. The molecule has 6 rings (SSSR count). The Morgan fingerprint density at radius 3 is 2.56 bits per heavy atom. The number of amides is 2. The lowest BCUT2D eigenvalue weighted by Gasteiger charge is -2.33. The van der Waals surface area contributed by atoms with Crippen molar-refractivity contribution in [3.63, 3.8) is 0 Å². The van der Waals surface area contributed by atoms with Crippen LogP contribution in [0, 0.1) is 23.2 Å². The number of anilines is 2. The molecule has 1 saturated carbocycles. The third-order valence-electron chi connectivity index (χ3n) is 7.72. The standard InChI is InChI=1S/C30H29N9O2/c1-17(2)11-21(14-31)30(41)38-15-18-12-22(38)23(13-18)39-28-25(27(32)34-16-35-28)26(37-39)19-6-8-20(9-7-19)29(40)36-24-5-3-4-10-33-24/h3-11,16-18,22-23H,12-13,15H2,1-2H3,(H2,32,34,35)(H,33,36,40)/t18-,22-,23+/m1/s1. The Morgan fingerprint density at radius 1 is 1.10 bits per heavy atom. The van der Waals surface area contributed by atoms with E-state index in [0.29, 0.717) is 46.4 Å². The summed E-state index contributed by atoms with van der Waals surface area (Å²) in [5.41, 5.74) is 8.94. The van der Waals surface area contributed by atoms with Crippen LogP contribution in [0.5, 0.6) is 0 Å². The second kappa shape index (κ2) is 10.5. The van der Waals surface area contributed by atoms with Gasteiger partial charge in [0.05, 0.1) is 17.5 Å². The summed E-state index contributed by atoms with van der Waals surface area (Å²) >= 11 is 0. The Balaban J connectivity index is 1.32. The number of nitrogen functional groups attached to an aromatic ring is 1. The maximum absolute atomic E-state index is 13.3. The molecule has 0 spiro atoms. The quantitative estimate of drug-likeness (QED) is 0.271. The van der Waals surface area contributed by atoms with Gasteiger partial charge >= 0.3 is 0 Å². The molecule has 1 saturated heterocycles. The van der Waals surface area contributed by atoms with Gasteiger partial charge in [-0.05, 0) is 48.9 Å². The first-order valence-electron chi connectivity index (χ1n) is 13.6. The predicted molar refractivity (Wildman–Crippen MR) is 153 cm³/mol. The fraction of sp³-hybridized carbons (Fsp3) is 0.300. The fourth-order valence-electron chi connectivity index (χ4n) is 5.97. The summed E-state index contributed by atoms with van der Waals surface area (Å²) in [6.45, 7) is 4.53. The highest BCUT2D eigenvalue weighted by Crippen LogP contribution is 2.46. The average molecular weight is 548 g/mol. The molecule has 2 fully saturated rings. The third kappa shape index (κ3) is 4.78. The summed E-state index contributed by atoms with van der Waals surface area (Å²) < 4.78 is 1.87. The molecular formula is C30H29N9O2. The molecule has 1 aromatic carbocycles. The van der Waals surface area contributed by atoms with E-state index in [1.165, 1.54) is 6.33 Å². The van der Waals surface area contributed by atoms with E-state index in [9.17, 15) is 14.9 Å². The summed E-state index contributed by atoms with van der Waals surface area (Å²) in [5, 5.41) is 18.0. The second-order valence-electron chi connectivity index (χ2n) is 10.9. The minimum absolute atomic E-state index is 0.0916. The van der Waals surface area contributed by atoms with E-state index < -0.39 is 0 Å². The van der Waals surface area contributed by atoms with Crippen molar-refractivity contribution in [3.8, 4) is 17.3 Å². The van der Waals surface area contributed by atoms with E-state index in [0.717, 1.165) is 18.4 Å². The van der Waals surface area contributed by atoms with Crippen molar-refractivity contribution in [3.05, 3.63) is 72.2 Å². The number of hydrogen-bond acceptors (Lipinski definition) is 8. The van der Waals surface area contributed by atoms with Gasteiger partial charge in [0.2, 0.25) is 0 Å². The Morgan fingerprint density at radius 2 is 1.88 bits per heavy atom. The number of pyridine rings is 1. The minimum atomic E-state index is -0.275. The van der Waals surface area contributed by atoms with Gasteiger partial charge in [-0.3, -0.25) is 9.59 Å². The van der Waals surface area contributed by atoms with Crippen LogP contribution < -0.4 is 11.1 Å². The van der Waals surface area contributed by atoms with Crippen molar-refractivity contribution >= 4 is 34.5 Å². The zero-order valence-corrected chi connectivity index (χ0v) is 22.7. The van der Waals surface area contributed by atoms with Gasteiger partial charge in [0.1, 0.15) is 35.3 Å². The van der Waals surface area contributed by atoms with E-state index in [-0.39, 0.29) is 35.4 Å². The van der Waals surface area contributed by atoms with Crippen LogP contribution in [-0.4, -0.2) is 54.0 Å². The van der Waals surface area contributed by atoms with Gasteiger partial charge in [0, 0.05) is 23.9 Å². The van der Waals surface area contributed by atoms with E-state index >= 15 is 0 Å². The van der Waals surface area contributed by atoms with Crippen molar-refractivity contribution in [2.24, 2.45) is 11.8 Å². The lowest BCUT2D eigenvalue weighted by molar-refractivity contribution is -0.129. The molecule has 11 nitrogen and oxygen atoms in total. The molecule has 3 aromatic heterocycles. The largest absolute Gasteiger partial charge is 0.383 e. The fourth-order valence-corrected chi connectivity index (χ4v) is 5.97. The van der Waals surface area contributed by atoms with Crippen molar-refractivity contribution < 1.29 is 9.59 Å². The SMILES string of the molecule is CC(C)C=C(C#N)C(=O)N1C[C@@H]2C[C@@H]1[C@@H](n1nc(-c3ccc(C(=O)Nc4ccccn4)cc3)c3c(N)ncnc31)C2. The number of nitrogens with two attached hydrogens (primary N) is 1. The lowest BCUT2D eigenvalue weighted by atomic mass is 10.0. The third-order valence-corrected chi connectivity index (χ3v) is 7.72.